The second kappa shape index (κ2) is 6.18. The lowest BCUT2D eigenvalue weighted by molar-refractivity contribution is 1.18. The van der Waals surface area contributed by atoms with E-state index in [1.165, 1.54) is 47.7 Å². The third-order valence-corrected chi connectivity index (χ3v) is 7.45. The first-order chi connectivity index (χ1) is 13.7. The molecule has 0 spiro atoms. The van der Waals surface area contributed by atoms with E-state index in [0.29, 0.717) is 0 Å². The number of hydrogen-bond acceptors (Lipinski definition) is 1. The van der Waals surface area contributed by atoms with Gasteiger partial charge in [-0.1, -0.05) is 62.2 Å². The van der Waals surface area contributed by atoms with E-state index >= 15 is 0 Å². The fraction of sp³-hybridized carbons (Fsp3) is 0. The Morgan fingerprint density at radius 2 is 1.21 bits per heavy atom. The zero-order valence-electron chi connectivity index (χ0n) is 14.6. The summed E-state index contributed by atoms with van der Waals surface area (Å²) in [6.07, 6.45) is 0. The fourth-order valence-electron chi connectivity index (χ4n) is 4.10. The van der Waals surface area contributed by atoms with E-state index in [2.05, 4.69) is 115 Å². The van der Waals surface area contributed by atoms with Gasteiger partial charge in [-0.05, 0) is 48.5 Å². The molecule has 6 rings (SSSR count). The number of aromatic nitrogens is 1. The Morgan fingerprint density at radius 3 is 1.93 bits per heavy atom. The van der Waals surface area contributed by atoms with Gasteiger partial charge < -0.3 is 4.57 Å². The van der Waals surface area contributed by atoms with Crippen LogP contribution in [0, 0.1) is 0 Å². The second-order valence-corrected chi connectivity index (χ2v) is 9.85. The van der Waals surface area contributed by atoms with Crippen LogP contribution in [0.1, 0.15) is 0 Å². The monoisotopic (exact) mass is 505 g/mol. The van der Waals surface area contributed by atoms with Crippen LogP contribution in [0.5, 0.6) is 0 Å². The minimum atomic E-state index is 1.09. The molecular formula is C24H13Br2NS. The average molecular weight is 507 g/mol. The van der Waals surface area contributed by atoms with Crippen molar-refractivity contribution in [1.82, 2.24) is 4.57 Å². The first-order valence-corrected chi connectivity index (χ1v) is 11.4. The summed E-state index contributed by atoms with van der Waals surface area (Å²) in [5.41, 5.74) is 3.61. The Kier molecular flexibility index (Phi) is 3.70. The minimum Gasteiger partial charge on any atom is -0.309 e. The Bertz CT molecular complexity index is 1480. The van der Waals surface area contributed by atoms with E-state index in [-0.39, 0.29) is 0 Å². The number of hydrogen-bond donors (Lipinski definition) is 0. The van der Waals surface area contributed by atoms with Gasteiger partial charge in [0.2, 0.25) is 0 Å². The predicted molar refractivity (Wildman–Crippen MR) is 129 cm³/mol. The van der Waals surface area contributed by atoms with Crippen molar-refractivity contribution in [2.45, 2.75) is 0 Å². The van der Waals surface area contributed by atoms with Crippen molar-refractivity contribution in [2.24, 2.45) is 0 Å². The number of nitrogens with zero attached hydrogens (tertiary/aromatic N) is 1. The van der Waals surface area contributed by atoms with E-state index in [4.69, 9.17) is 0 Å². The Labute approximate surface area is 182 Å². The maximum absolute atomic E-state index is 3.66. The van der Waals surface area contributed by atoms with Crippen LogP contribution >= 0.6 is 43.2 Å². The maximum Gasteiger partial charge on any atom is 0.0552 e. The van der Waals surface area contributed by atoms with Crippen molar-refractivity contribution in [3.05, 3.63) is 87.8 Å². The van der Waals surface area contributed by atoms with Crippen LogP contribution in [0.3, 0.4) is 0 Å². The summed E-state index contributed by atoms with van der Waals surface area (Å²) < 4.78 is 7.21. The molecule has 0 aliphatic heterocycles. The van der Waals surface area contributed by atoms with Gasteiger partial charge in [0.1, 0.15) is 0 Å². The van der Waals surface area contributed by atoms with Crippen LogP contribution in [0.15, 0.2) is 87.8 Å². The molecule has 4 aromatic carbocycles. The van der Waals surface area contributed by atoms with E-state index in [1.54, 1.807) is 0 Å². The number of rotatable bonds is 1. The molecule has 134 valence electrons. The number of halogens is 2. The van der Waals surface area contributed by atoms with Crippen molar-refractivity contribution in [3.8, 4) is 5.69 Å². The highest BCUT2D eigenvalue weighted by atomic mass is 79.9. The topological polar surface area (TPSA) is 4.93 Å². The normalized spacial score (nSPS) is 11.9. The smallest absolute Gasteiger partial charge is 0.0552 e. The summed E-state index contributed by atoms with van der Waals surface area (Å²) in [7, 11) is 0. The van der Waals surface area contributed by atoms with Gasteiger partial charge in [0.15, 0.2) is 0 Å². The van der Waals surface area contributed by atoms with E-state index < -0.39 is 0 Å². The first kappa shape index (κ1) is 16.8. The minimum absolute atomic E-state index is 1.09. The quantitative estimate of drug-likeness (QED) is 0.210. The lowest BCUT2D eigenvalue weighted by Crippen LogP contribution is -1.93. The van der Waals surface area contributed by atoms with Gasteiger partial charge in [-0.15, -0.1) is 11.3 Å². The van der Waals surface area contributed by atoms with Gasteiger partial charge in [-0.25, -0.2) is 0 Å². The zero-order valence-corrected chi connectivity index (χ0v) is 18.6. The molecule has 0 fully saturated rings. The summed E-state index contributed by atoms with van der Waals surface area (Å²) >= 11 is 9.17. The van der Waals surface area contributed by atoms with Crippen molar-refractivity contribution in [1.29, 1.82) is 0 Å². The standard InChI is InChI=1S/C24H13Br2NS/c25-14-5-8-17-18-9-6-15(26)12-22(18)27(21(17)11-14)16-7-10-24-20(13-16)19-3-1-2-4-23(19)28-24/h1-13H. The fourth-order valence-corrected chi connectivity index (χ4v) is 5.88. The summed E-state index contributed by atoms with van der Waals surface area (Å²) in [6.45, 7) is 0. The largest absolute Gasteiger partial charge is 0.309 e. The summed E-state index contributed by atoms with van der Waals surface area (Å²) in [4.78, 5) is 0. The molecule has 2 heterocycles. The van der Waals surface area contributed by atoms with E-state index in [9.17, 15) is 0 Å². The van der Waals surface area contributed by atoms with Gasteiger partial charge in [0.05, 0.1) is 11.0 Å². The highest BCUT2D eigenvalue weighted by Crippen LogP contribution is 2.38. The average Bonchev–Trinajstić information content (AvgIpc) is 3.22. The van der Waals surface area contributed by atoms with Crippen molar-refractivity contribution < 1.29 is 0 Å². The molecule has 4 heteroatoms. The van der Waals surface area contributed by atoms with Gasteiger partial charge in [0.25, 0.3) is 0 Å². The molecular weight excluding hydrogens is 494 g/mol. The van der Waals surface area contributed by atoms with Gasteiger partial charge in [-0.3, -0.25) is 0 Å². The Morgan fingerprint density at radius 1 is 0.571 bits per heavy atom. The maximum atomic E-state index is 3.66. The predicted octanol–water partition coefficient (Wildman–Crippen LogP) is 8.68. The second-order valence-electron chi connectivity index (χ2n) is 6.94. The van der Waals surface area contributed by atoms with Crippen LogP contribution < -0.4 is 0 Å². The molecule has 0 unspecified atom stereocenters. The van der Waals surface area contributed by atoms with Crippen molar-refractivity contribution >= 4 is 85.2 Å². The lowest BCUT2D eigenvalue weighted by atomic mass is 10.1. The van der Waals surface area contributed by atoms with Crippen LogP contribution in [0.25, 0.3) is 47.7 Å². The first-order valence-electron chi connectivity index (χ1n) is 9.00. The zero-order chi connectivity index (χ0) is 18.8. The molecule has 28 heavy (non-hydrogen) atoms. The lowest BCUT2D eigenvalue weighted by Gasteiger charge is -2.09. The van der Waals surface area contributed by atoms with Crippen LogP contribution in [-0.2, 0) is 0 Å². The van der Waals surface area contributed by atoms with Gasteiger partial charge in [0, 0.05) is 45.6 Å². The number of benzene rings is 4. The van der Waals surface area contributed by atoms with Crippen molar-refractivity contribution in [3.63, 3.8) is 0 Å². The molecule has 0 aliphatic carbocycles. The molecule has 2 aromatic heterocycles. The van der Waals surface area contributed by atoms with E-state index in [0.717, 1.165) is 8.95 Å². The van der Waals surface area contributed by atoms with Crippen LogP contribution in [-0.4, -0.2) is 4.57 Å². The van der Waals surface area contributed by atoms with Gasteiger partial charge >= 0.3 is 0 Å². The van der Waals surface area contributed by atoms with E-state index in [1.807, 2.05) is 11.3 Å². The Balaban J connectivity index is 1.76. The third-order valence-electron chi connectivity index (χ3n) is 5.31. The molecule has 0 bridgehead atoms. The molecule has 0 saturated carbocycles. The highest BCUT2D eigenvalue weighted by molar-refractivity contribution is 9.10. The third kappa shape index (κ3) is 2.41. The van der Waals surface area contributed by atoms with Crippen LogP contribution in [0.2, 0.25) is 0 Å². The molecule has 0 saturated heterocycles. The Hall–Kier alpha value is -2.14. The molecule has 0 N–H and O–H groups in total. The SMILES string of the molecule is Brc1ccc2c3ccc(Br)cc3n(-c3ccc4sc5ccccc5c4c3)c2c1. The molecule has 0 amide bonds. The number of fused-ring (bicyclic) bond motifs is 6. The summed E-state index contributed by atoms with van der Waals surface area (Å²) in [5, 5.41) is 5.17. The summed E-state index contributed by atoms with van der Waals surface area (Å²) in [5.74, 6) is 0. The van der Waals surface area contributed by atoms with Crippen molar-refractivity contribution in [2.75, 3.05) is 0 Å². The highest BCUT2D eigenvalue weighted by Gasteiger charge is 2.14. The summed E-state index contributed by atoms with van der Waals surface area (Å²) in [6, 6.07) is 28.5. The molecule has 6 aromatic rings. The van der Waals surface area contributed by atoms with Crippen LogP contribution in [0.4, 0.5) is 0 Å². The number of thiophene rings is 1. The molecule has 0 radical (unpaired) electrons. The molecule has 0 aliphatic rings. The molecule has 1 nitrogen and oxygen atoms in total. The molecule has 0 atom stereocenters. The van der Waals surface area contributed by atoms with Gasteiger partial charge in [-0.2, -0.15) is 0 Å².